The van der Waals surface area contributed by atoms with Gasteiger partial charge in [0.05, 0.1) is 11.3 Å². The van der Waals surface area contributed by atoms with Crippen molar-refractivity contribution < 1.29 is 13.9 Å². The summed E-state index contributed by atoms with van der Waals surface area (Å²) in [5, 5.41) is 2.92. The van der Waals surface area contributed by atoms with Crippen molar-refractivity contribution in [3.05, 3.63) is 58.7 Å². The van der Waals surface area contributed by atoms with Crippen LogP contribution >= 0.6 is 11.3 Å². The second kappa shape index (κ2) is 6.93. The number of hydrogen-bond acceptors (Lipinski definition) is 4. The quantitative estimate of drug-likeness (QED) is 0.915. The van der Waals surface area contributed by atoms with Crippen LogP contribution in [-0.2, 0) is 6.42 Å². The Kier molecular flexibility index (Phi) is 4.73. The topological polar surface area (TPSA) is 55.6 Å². The van der Waals surface area contributed by atoms with Gasteiger partial charge in [-0.3, -0.25) is 9.69 Å². The maximum absolute atomic E-state index is 12.6. The van der Waals surface area contributed by atoms with Gasteiger partial charge in [0.15, 0.2) is 0 Å². The summed E-state index contributed by atoms with van der Waals surface area (Å²) in [6.07, 6.45) is 1.24. The van der Waals surface area contributed by atoms with Crippen molar-refractivity contribution in [2.75, 3.05) is 24.6 Å². The molecule has 1 amide bonds. The molecule has 0 saturated carbocycles. The predicted octanol–water partition coefficient (Wildman–Crippen LogP) is 3.14. The number of nitrogens with zero attached hydrogens (tertiary/aromatic N) is 1. The first-order valence-corrected chi connectivity index (χ1v) is 8.20. The Morgan fingerprint density at radius 1 is 1.43 bits per heavy atom. The number of fused-ring (bicyclic) bond motifs is 1. The van der Waals surface area contributed by atoms with Crippen molar-refractivity contribution >= 4 is 22.2 Å². The van der Waals surface area contributed by atoms with Crippen LogP contribution in [0.4, 0.5) is 9.39 Å². The van der Waals surface area contributed by atoms with Crippen molar-refractivity contribution in [1.82, 2.24) is 0 Å². The minimum atomic E-state index is 0.00607. The summed E-state index contributed by atoms with van der Waals surface area (Å²) < 4.78 is 18.0. The van der Waals surface area contributed by atoms with Crippen LogP contribution in [0.3, 0.4) is 0 Å². The van der Waals surface area contributed by atoms with E-state index in [2.05, 4.69) is 0 Å². The van der Waals surface area contributed by atoms with Gasteiger partial charge < -0.3 is 10.5 Å². The van der Waals surface area contributed by atoms with Crippen molar-refractivity contribution in [3.8, 4) is 5.75 Å². The average molecular weight is 332 g/mol. The molecular formula is C17H17FN2O2S. The molecule has 1 aromatic heterocycles. The minimum Gasteiger partial charge on any atom is -0.489 e. The summed E-state index contributed by atoms with van der Waals surface area (Å²) in [6, 6.07) is 9.25. The van der Waals surface area contributed by atoms with Crippen LogP contribution in [-0.4, -0.2) is 25.6 Å². The van der Waals surface area contributed by atoms with Gasteiger partial charge in [-0.2, -0.15) is 0 Å². The van der Waals surface area contributed by atoms with Crippen molar-refractivity contribution in [3.63, 3.8) is 0 Å². The van der Waals surface area contributed by atoms with Gasteiger partial charge in [0.25, 0.3) is 5.91 Å². The summed E-state index contributed by atoms with van der Waals surface area (Å²) in [5.74, 6) is 0.625. The first-order valence-electron chi connectivity index (χ1n) is 7.32. The lowest BCUT2D eigenvalue weighted by molar-refractivity contribution is 0.0981. The second-order valence-corrected chi connectivity index (χ2v) is 6.16. The lowest BCUT2D eigenvalue weighted by Crippen LogP contribution is -2.37. The monoisotopic (exact) mass is 332 g/mol. The van der Waals surface area contributed by atoms with Crippen LogP contribution in [0.2, 0.25) is 0 Å². The third-order valence-electron chi connectivity index (χ3n) is 3.77. The van der Waals surface area contributed by atoms with Crippen LogP contribution in [0.1, 0.15) is 15.9 Å². The van der Waals surface area contributed by atoms with Crippen molar-refractivity contribution in [2.45, 2.75) is 6.42 Å². The highest BCUT2D eigenvalue weighted by molar-refractivity contribution is 7.14. The van der Waals surface area contributed by atoms with Crippen molar-refractivity contribution in [2.24, 2.45) is 5.73 Å². The van der Waals surface area contributed by atoms with Gasteiger partial charge in [0, 0.05) is 24.2 Å². The number of hydrogen-bond donors (Lipinski definition) is 1. The van der Waals surface area contributed by atoms with E-state index in [0.29, 0.717) is 29.8 Å². The van der Waals surface area contributed by atoms with E-state index >= 15 is 0 Å². The normalized spacial score (nSPS) is 14.8. The third kappa shape index (κ3) is 3.28. The molecule has 0 spiro atoms. The molecule has 0 bridgehead atoms. The van der Waals surface area contributed by atoms with Gasteiger partial charge >= 0.3 is 0 Å². The molecule has 4 nitrogen and oxygen atoms in total. The molecule has 0 radical (unpaired) electrons. The number of ether oxygens (including phenoxy) is 1. The predicted molar refractivity (Wildman–Crippen MR) is 89.9 cm³/mol. The van der Waals surface area contributed by atoms with Gasteiger partial charge in [0.1, 0.15) is 12.4 Å². The minimum absolute atomic E-state index is 0.00607. The third-order valence-corrected chi connectivity index (χ3v) is 4.66. The van der Waals surface area contributed by atoms with E-state index in [1.54, 1.807) is 28.4 Å². The number of halogens is 1. The molecule has 1 aliphatic heterocycles. The summed E-state index contributed by atoms with van der Waals surface area (Å²) >= 11 is 1.55. The number of rotatable bonds is 5. The first kappa shape index (κ1) is 15.7. The molecule has 0 saturated heterocycles. The molecule has 2 aromatic rings. The molecule has 2 N–H and O–H groups in total. The van der Waals surface area contributed by atoms with E-state index in [1.165, 1.54) is 0 Å². The smallest absolute Gasteiger partial charge is 0.259 e. The summed E-state index contributed by atoms with van der Waals surface area (Å²) in [7, 11) is 0. The summed E-state index contributed by atoms with van der Waals surface area (Å²) in [4.78, 5) is 14.4. The highest BCUT2D eigenvalue weighted by atomic mass is 32.1. The fourth-order valence-electron chi connectivity index (χ4n) is 2.50. The zero-order valence-electron chi connectivity index (χ0n) is 12.5. The Bertz CT molecular complexity index is 728. The van der Waals surface area contributed by atoms with Gasteiger partial charge in [-0.1, -0.05) is 0 Å². The lowest BCUT2D eigenvalue weighted by atomic mass is 9.99. The van der Waals surface area contributed by atoms with Crippen LogP contribution in [0.25, 0.3) is 0 Å². The van der Waals surface area contributed by atoms with Crippen LogP contribution in [0.15, 0.2) is 47.6 Å². The number of carbonyl (C=O) groups excluding carboxylic acids is 1. The zero-order chi connectivity index (χ0) is 16.2. The zero-order valence-corrected chi connectivity index (χ0v) is 13.3. The van der Waals surface area contributed by atoms with Crippen molar-refractivity contribution in [1.29, 1.82) is 0 Å². The summed E-state index contributed by atoms with van der Waals surface area (Å²) in [6.45, 7) is 0.880. The molecule has 1 aliphatic rings. The number of nitrogens with two attached hydrogens (primary N) is 1. The fourth-order valence-corrected chi connectivity index (χ4v) is 3.25. The Morgan fingerprint density at radius 2 is 2.30 bits per heavy atom. The number of amides is 1. The Labute approximate surface area is 138 Å². The molecular weight excluding hydrogens is 315 g/mol. The maximum Gasteiger partial charge on any atom is 0.259 e. The van der Waals surface area contributed by atoms with E-state index < -0.39 is 0 Å². The molecule has 0 aliphatic carbocycles. The molecule has 0 unspecified atom stereocenters. The number of thiophene rings is 1. The number of benzene rings is 1. The van der Waals surface area contributed by atoms with Gasteiger partial charge in [-0.15, -0.1) is 11.3 Å². The van der Waals surface area contributed by atoms with Gasteiger partial charge in [0.2, 0.25) is 0 Å². The number of anilines is 1. The highest BCUT2D eigenvalue weighted by Gasteiger charge is 2.26. The van der Waals surface area contributed by atoms with Crippen LogP contribution in [0.5, 0.6) is 5.75 Å². The molecule has 120 valence electrons. The molecule has 3 rings (SSSR count). The maximum atomic E-state index is 12.6. The van der Waals surface area contributed by atoms with E-state index in [9.17, 15) is 9.18 Å². The molecule has 0 fully saturated rings. The lowest BCUT2D eigenvalue weighted by Gasteiger charge is -2.27. The molecule has 0 atom stereocenters. The average Bonchev–Trinajstić information content (AvgIpc) is 3.10. The molecule has 2 heterocycles. The van der Waals surface area contributed by atoms with E-state index in [4.69, 9.17) is 10.5 Å². The van der Waals surface area contributed by atoms with E-state index in [-0.39, 0.29) is 19.1 Å². The fraction of sp³-hybridized carbons (Fsp3) is 0.235. The van der Waals surface area contributed by atoms with Crippen LogP contribution in [0, 0.1) is 0 Å². The SMILES string of the molecule is NC/C(=C/F)COc1ccc2c(c1)CCN(c1cccs1)C2=O. The molecule has 1 aromatic carbocycles. The Hall–Kier alpha value is -2.18. The van der Waals surface area contributed by atoms with Gasteiger partial charge in [-0.25, -0.2) is 4.39 Å². The highest BCUT2D eigenvalue weighted by Crippen LogP contribution is 2.29. The Morgan fingerprint density at radius 3 is 3.00 bits per heavy atom. The van der Waals surface area contributed by atoms with Gasteiger partial charge in [-0.05, 0) is 47.7 Å². The second-order valence-electron chi connectivity index (χ2n) is 5.24. The van der Waals surface area contributed by atoms with E-state index in [1.807, 2.05) is 23.6 Å². The Balaban J connectivity index is 1.76. The number of carbonyl (C=O) groups is 1. The standard InChI is InChI=1S/C17H17FN2O2S/c18-9-12(10-19)11-22-14-3-4-15-13(8-14)5-6-20(17(15)21)16-2-1-7-23-16/h1-4,7-9H,5-6,10-11,19H2/b12-9-. The van der Waals surface area contributed by atoms with Crippen LogP contribution < -0.4 is 15.4 Å². The summed E-state index contributed by atoms with van der Waals surface area (Å²) in [5.41, 5.74) is 7.44. The first-order chi connectivity index (χ1) is 11.2. The molecule has 23 heavy (non-hydrogen) atoms. The van der Waals surface area contributed by atoms with E-state index in [0.717, 1.165) is 17.0 Å². The largest absolute Gasteiger partial charge is 0.489 e. The molecule has 6 heteroatoms.